The monoisotopic (exact) mass is 280 g/mol. The number of nitrogens with two attached hydrogens (primary N) is 1. The molecule has 102 valence electrons. The minimum Gasteiger partial charge on any atom is -0.474 e. The van der Waals surface area contributed by atoms with E-state index >= 15 is 0 Å². The van der Waals surface area contributed by atoms with Gasteiger partial charge in [-0.25, -0.2) is 10.8 Å². The van der Waals surface area contributed by atoms with Crippen LogP contribution in [-0.2, 0) is 4.74 Å². The maximum absolute atomic E-state index is 5.79. The van der Waals surface area contributed by atoms with Gasteiger partial charge >= 0.3 is 0 Å². The Morgan fingerprint density at radius 3 is 3.21 bits per heavy atom. The van der Waals surface area contributed by atoms with E-state index in [1.807, 2.05) is 11.4 Å². The number of anilines is 1. The molecule has 1 unspecified atom stereocenters. The molecule has 1 aliphatic rings. The van der Waals surface area contributed by atoms with Crippen molar-refractivity contribution in [2.75, 3.05) is 18.6 Å². The van der Waals surface area contributed by atoms with E-state index in [1.165, 1.54) is 17.8 Å². The topological polar surface area (TPSA) is 82.3 Å². The average molecular weight is 280 g/mol. The molecule has 3 rings (SSSR count). The van der Waals surface area contributed by atoms with Crippen LogP contribution in [0.5, 0.6) is 5.88 Å². The van der Waals surface area contributed by atoms with Crippen LogP contribution in [0.1, 0.15) is 19.3 Å². The van der Waals surface area contributed by atoms with Crippen molar-refractivity contribution in [2.24, 2.45) is 5.84 Å². The molecule has 7 heteroatoms. The molecular formula is C12H16N4O2S. The van der Waals surface area contributed by atoms with Crippen molar-refractivity contribution >= 4 is 27.5 Å². The van der Waals surface area contributed by atoms with Gasteiger partial charge in [0.15, 0.2) is 0 Å². The molecule has 3 N–H and O–H groups in total. The summed E-state index contributed by atoms with van der Waals surface area (Å²) in [4.78, 5) is 9.39. The molecule has 0 amide bonds. The first-order chi connectivity index (χ1) is 9.36. The van der Waals surface area contributed by atoms with Gasteiger partial charge in [0.05, 0.1) is 11.5 Å². The third-order valence-electron chi connectivity index (χ3n) is 3.10. The minimum absolute atomic E-state index is 0.159. The van der Waals surface area contributed by atoms with Gasteiger partial charge in [-0.05, 0) is 30.7 Å². The SMILES string of the molecule is NNc1nc(OCC2CCCCO2)c2ccsc2n1. The largest absolute Gasteiger partial charge is 0.474 e. The van der Waals surface area contributed by atoms with Crippen LogP contribution in [0.3, 0.4) is 0 Å². The normalized spacial score (nSPS) is 19.5. The Morgan fingerprint density at radius 2 is 2.42 bits per heavy atom. The predicted molar refractivity (Wildman–Crippen MR) is 74.3 cm³/mol. The summed E-state index contributed by atoms with van der Waals surface area (Å²) >= 11 is 1.53. The minimum atomic E-state index is 0.159. The lowest BCUT2D eigenvalue weighted by Crippen LogP contribution is -2.26. The fourth-order valence-corrected chi connectivity index (χ4v) is 2.87. The molecule has 2 aromatic rings. The van der Waals surface area contributed by atoms with Gasteiger partial charge in [0.25, 0.3) is 0 Å². The molecule has 0 aliphatic carbocycles. The van der Waals surface area contributed by atoms with Gasteiger partial charge in [-0.15, -0.1) is 11.3 Å². The molecule has 19 heavy (non-hydrogen) atoms. The number of fused-ring (bicyclic) bond motifs is 1. The van der Waals surface area contributed by atoms with Gasteiger partial charge in [0.1, 0.15) is 11.4 Å². The summed E-state index contributed by atoms with van der Waals surface area (Å²) in [6.07, 6.45) is 3.54. The number of ether oxygens (including phenoxy) is 2. The highest BCUT2D eigenvalue weighted by Crippen LogP contribution is 2.28. The highest BCUT2D eigenvalue weighted by atomic mass is 32.1. The second kappa shape index (κ2) is 5.68. The second-order valence-electron chi connectivity index (χ2n) is 4.44. The van der Waals surface area contributed by atoms with Gasteiger partial charge in [-0.3, -0.25) is 5.43 Å². The molecule has 1 saturated heterocycles. The molecular weight excluding hydrogens is 264 g/mol. The Hall–Kier alpha value is -1.44. The number of nitrogens with zero attached hydrogens (tertiary/aromatic N) is 2. The van der Waals surface area contributed by atoms with E-state index in [4.69, 9.17) is 15.3 Å². The van der Waals surface area contributed by atoms with E-state index in [-0.39, 0.29) is 6.10 Å². The lowest BCUT2D eigenvalue weighted by atomic mass is 10.1. The van der Waals surface area contributed by atoms with E-state index in [2.05, 4.69) is 15.4 Å². The van der Waals surface area contributed by atoms with Crippen molar-refractivity contribution in [3.63, 3.8) is 0 Å². The van der Waals surface area contributed by atoms with Crippen molar-refractivity contribution in [3.8, 4) is 5.88 Å². The van der Waals surface area contributed by atoms with Gasteiger partial charge in [0.2, 0.25) is 11.8 Å². The number of nitrogen functional groups attached to an aromatic ring is 1. The summed E-state index contributed by atoms with van der Waals surface area (Å²) in [5.41, 5.74) is 2.46. The van der Waals surface area contributed by atoms with Gasteiger partial charge in [-0.2, -0.15) is 4.98 Å². The van der Waals surface area contributed by atoms with E-state index in [9.17, 15) is 0 Å². The zero-order valence-corrected chi connectivity index (χ0v) is 11.3. The lowest BCUT2D eigenvalue weighted by Gasteiger charge is -2.22. The smallest absolute Gasteiger partial charge is 0.241 e. The van der Waals surface area contributed by atoms with Crippen LogP contribution in [0.2, 0.25) is 0 Å². The maximum Gasteiger partial charge on any atom is 0.241 e. The summed E-state index contributed by atoms with van der Waals surface area (Å²) in [7, 11) is 0. The molecule has 0 spiro atoms. The van der Waals surface area contributed by atoms with Gasteiger partial charge in [0, 0.05) is 6.61 Å². The molecule has 3 heterocycles. The molecule has 0 radical (unpaired) electrons. The van der Waals surface area contributed by atoms with Crippen molar-refractivity contribution < 1.29 is 9.47 Å². The number of rotatable bonds is 4. The second-order valence-corrected chi connectivity index (χ2v) is 5.33. The van der Waals surface area contributed by atoms with Crippen LogP contribution in [0, 0.1) is 0 Å². The number of hydrogen-bond acceptors (Lipinski definition) is 7. The number of aromatic nitrogens is 2. The molecule has 2 aromatic heterocycles. The third kappa shape index (κ3) is 2.78. The fraction of sp³-hybridized carbons (Fsp3) is 0.500. The van der Waals surface area contributed by atoms with Gasteiger partial charge in [-0.1, -0.05) is 0 Å². The van der Waals surface area contributed by atoms with Gasteiger partial charge < -0.3 is 9.47 Å². The Kier molecular flexibility index (Phi) is 3.77. The van der Waals surface area contributed by atoms with Crippen molar-refractivity contribution in [1.82, 2.24) is 9.97 Å². The van der Waals surface area contributed by atoms with Crippen molar-refractivity contribution in [3.05, 3.63) is 11.4 Å². The van der Waals surface area contributed by atoms with Crippen LogP contribution in [0.4, 0.5) is 5.95 Å². The zero-order valence-electron chi connectivity index (χ0n) is 10.5. The number of nitrogens with one attached hydrogen (secondary N) is 1. The van der Waals surface area contributed by atoms with E-state index < -0.39 is 0 Å². The molecule has 6 nitrogen and oxygen atoms in total. The summed E-state index contributed by atoms with van der Waals surface area (Å²) in [6.45, 7) is 1.34. The zero-order chi connectivity index (χ0) is 13.1. The van der Waals surface area contributed by atoms with E-state index in [0.29, 0.717) is 18.4 Å². The number of hydrogen-bond donors (Lipinski definition) is 2. The number of hydrazine groups is 1. The van der Waals surface area contributed by atoms with Crippen LogP contribution >= 0.6 is 11.3 Å². The van der Waals surface area contributed by atoms with E-state index in [0.717, 1.165) is 29.7 Å². The van der Waals surface area contributed by atoms with Crippen LogP contribution in [0.25, 0.3) is 10.2 Å². The Bertz CT molecular complexity index is 554. The first kappa shape index (κ1) is 12.6. The number of thiophene rings is 1. The molecule has 0 aromatic carbocycles. The van der Waals surface area contributed by atoms with Crippen molar-refractivity contribution in [2.45, 2.75) is 25.4 Å². The quantitative estimate of drug-likeness (QED) is 0.658. The van der Waals surface area contributed by atoms with E-state index in [1.54, 1.807) is 0 Å². The molecule has 1 atom stereocenters. The molecule has 1 fully saturated rings. The highest BCUT2D eigenvalue weighted by Gasteiger charge is 2.16. The third-order valence-corrected chi connectivity index (χ3v) is 3.91. The van der Waals surface area contributed by atoms with Crippen LogP contribution in [-0.4, -0.2) is 29.3 Å². The first-order valence-electron chi connectivity index (χ1n) is 6.33. The highest BCUT2D eigenvalue weighted by molar-refractivity contribution is 7.16. The lowest BCUT2D eigenvalue weighted by molar-refractivity contribution is -0.0116. The summed E-state index contributed by atoms with van der Waals surface area (Å²) in [5.74, 6) is 6.30. The molecule has 0 saturated carbocycles. The maximum atomic E-state index is 5.79. The van der Waals surface area contributed by atoms with Crippen LogP contribution < -0.4 is 16.0 Å². The summed E-state index contributed by atoms with van der Waals surface area (Å²) < 4.78 is 11.4. The molecule has 1 aliphatic heterocycles. The standard InChI is InChI=1S/C12H16N4O2S/c13-16-12-14-10(9-4-6-19-11(9)15-12)18-7-8-3-1-2-5-17-8/h4,6,8H,1-3,5,7,13H2,(H,14,15,16). The average Bonchev–Trinajstić information content (AvgIpc) is 2.94. The summed E-state index contributed by atoms with van der Waals surface area (Å²) in [5, 5.41) is 2.88. The Morgan fingerprint density at radius 1 is 1.47 bits per heavy atom. The predicted octanol–water partition coefficient (Wildman–Crippen LogP) is 1.92. The van der Waals surface area contributed by atoms with Crippen molar-refractivity contribution in [1.29, 1.82) is 0 Å². The first-order valence-corrected chi connectivity index (χ1v) is 7.21. The Labute approximate surface area is 114 Å². The summed E-state index contributed by atoms with van der Waals surface area (Å²) in [6, 6.07) is 1.96. The fourth-order valence-electron chi connectivity index (χ4n) is 2.11. The van der Waals surface area contributed by atoms with Crippen LogP contribution in [0.15, 0.2) is 11.4 Å². The molecule has 0 bridgehead atoms. The Balaban J connectivity index is 1.77.